The minimum Gasteiger partial charge on any atom is -0.444 e. The number of ether oxygens (including phenoxy) is 1. The molecule has 0 aliphatic rings. The Balaban J connectivity index is 2.32. The predicted octanol–water partition coefficient (Wildman–Crippen LogP) is 3.95. The van der Waals surface area contributed by atoms with Crippen LogP contribution in [0, 0.1) is 6.92 Å². The Kier molecular flexibility index (Phi) is 6.88. The molecule has 124 valence electrons. The molecule has 0 fully saturated rings. The zero-order valence-electron chi connectivity index (χ0n) is 14.7. The fourth-order valence-electron chi connectivity index (χ4n) is 2.28. The number of benzene rings is 1. The lowest BCUT2D eigenvalue weighted by molar-refractivity contribution is 0.0506. The van der Waals surface area contributed by atoms with Gasteiger partial charge >= 0.3 is 6.09 Å². The molecule has 0 heterocycles. The van der Waals surface area contributed by atoms with Crippen LogP contribution in [0.3, 0.4) is 0 Å². The van der Waals surface area contributed by atoms with Gasteiger partial charge < -0.3 is 15.4 Å². The van der Waals surface area contributed by atoms with Gasteiger partial charge in [0, 0.05) is 12.1 Å². The van der Waals surface area contributed by atoms with Crippen LogP contribution in [0.4, 0.5) is 4.79 Å². The second kappa shape index (κ2) is 8.18. The predicted molar refractivity (Wildman–Crippen MR) is 91.0 cm³/mol. The first-order valence-electron chi connectivity index (χ1n) is 7.97. The SMILES string of the molecule is Cc1ccccc1C(C)NCCC(C)NC(=O)OC(C)(C)C. The first kappa shape index (κ1) is 18.5. The van der Waals surface area contributed by atoms with Gasteiger partial charge in [-0.1, -0.05) is 24.3 Å². The van der Waals surface area contributed by atoms with E-state index in [1.165, 1.54) is 11.1 Å². The number of carbonyl (C=O) groups excluding carboxylic acids is 1. The molecule has 0 saturated carbocycles. The van der Waals surface area contributed by atoms with Crippen molar-refractivity contribution in [3.63, 3.8) is 0 Å². The van der Waals surface area contributed by atoms with Crippen LogP contribution in [0.15, 0.2) is 24.3 Å². The summed E-state index contributed by atoms with van der Waals surface area (Å²) in [6.07, 6.45) is 0.502. The highest BCUT2D eigenvalue weighted by atomic mass is 16.6. The summed E-state index contributed by atoms with van der Waals surface area (Å²) >= 11 is 0. The van der Waals surface area contributed by atoms with E-state index in [0.717, 1.165) is 13.0 Å². The fourth-order valence-corrected chi connectivity index (χ4v) is 2.28. The van der Waals surface area contributed by atoms with Gasteiger partial charge in [0.25, 0.3) is 0 Å². The van der Waals surface area contributed by atoms with Gasteiger partial charge in [-0.25, -0.2) is 4.79 Å². The molecule has 0 bridgehead atoms. The monoisotopic (exact) mass is 306 g/mol. The second-order valence-electron chi connectivity index (χ2n) is 6.87. The van der Waals surface area contributed by atoms with Crippen molar-refractivity contribution in [1.29, 1.82) is 0 Å². The molecule has 1 rings (SSSR count). The third-order valence-electron chi connectivity index (χ3n) is 3.45. The Morgan fingerprint density at radius 1 is 1.23 bits per heavy atom. The minimum atomic E-state index is -0.457. The molecular formula is C18H30N2O2. The smallest absolute Gasteiger partial charge is 0.407 e. The number of hydrogen-bond donors (Lipinski definition) is 2. The highest BCUT2D eigenvalue weighted by Gasteiger charge is 2.17. The third kappa shape index (κ3) is 6.94. The maximum Gasteiger partial charge on any atom is 0.407 e. The number of nitrogens with one attached hydrogen (secondary N) is 2. The summed E-state index contributed by atoms with van der Waals surface area (Å²) in [5.74, 6) is 0. The molecular weight excluding hydrogens is 276 g/mol. The van der Waals surface area contributed by atoms with Crippen LogP contribution < -0.4 is 10.6 Å². The molecule has 2 atom stereocenters. The number of hydrogen-bond acceptors (Lipinski definition) is 3. The average Bonchev–Trinajstić information content (AvgIpc) is 2.36. The highest BCUT2D eigenvalue weighted by molar-refractivity contribution is 5.67. The van der Waals surface area contributed by atoms with E-state index in [4.69, 9.17) is 4.74 Å². The summed E-state index contributed by atoms with van der Waals surface area (Å²) in [4.78, 5) is 11.7. The zero-order chi connectivity index (χ0) is 16.8. The first-order chi connectivity index (χ1) is 10.2. The first-order valence-corrected chi connectivity index (χ1v) is 7.97. The van der Waals surface area contributed by atoms with Crippen molar-refractivity contribution in [3.05, 3.63) is 35.4 Å². The molecule has 0 radical (unpaired) electrons. The summed E-state index contributed by atoms with van der Waals surface area (Å²) in [7, 11) is 0. The van der Waals surface area contributed by atoms with Gasteiger partial charge in [0.2, 0.25) is 0 Å². The molecule has 0 aromatic heterocycles. The lowest BCUT2D eigenvalue weighted by Gasteiger charge is -2.22. The molecule has 0 aliphatic heterocycles. The molecule has 0 aliphatic carbocycles. The van der Waals surface area contributed by atoms with Gasteiger partial charge in [-0.2, -0.15) is 0 Å². The van der Waals surface area contributed by atoms with Crippen LogP contribution in [0.5, 0.6) is 0 Å². The molecule has 0 spiro atoms. The van der Waals surface area contributed by atoms with Crippen molar-refractivity contribution in [3.8, 4) is 0 Å². The van der Waals surface area contributed by atoms with Gasteiger partial charge in [0.05, 0.1) is 0 Å². The quantitative estimate of drug-likeness (QED) is 0.836. The summed E-state index contributed by atoms with van der Waals surface area (Å²) in [6, 6.07) is 8.77. The van der Waals surface area contributed by atoms with Gasteiger partial charge in [0.1, 0.15) is 5.60 Å². The highest BCUT2D eigenvalue weighted by Crippen LogP contribution is 2.16. The van der Waals surface area contributed by atoms with Crippen molar-refractivity contribution < 1.29 is 9.53 Å². The Morgan fingerprint density at radius 2 is 1.86 bits per heavy atom. The largest absolute Gasteiger partial charge is 0.444 e. The Hall–Kier alpha value is -1.55. The standard InChI is InChI=1S/C18H30N2O2/c1-13-9-7-8-10-16(13)15(3)19-12-11-14(2)20-17(21)22-18(4,5)6/h7-10,14-15,19H,11-12H2,1-6H3,(H,20,21). The molecule has 4 nitrogen and oxygen atoms in total. The van der Waals surface area contributed by atoms with Gasteiger partial charge in [0.15, 0.2) is 0 Å². The maximum atomic E-state index is 11.7. The van der Waals surface area contributed by atoms with Crippen molar-refractivity contribution >= 4 is 6.09 Å². The summed E-state index contributed by atoms with van der Waals surface area (Å²) < 4.78 is 5.25. The van der Waals surface area contributed by atoms with E-state index in [0.29, 0.717) is 6.04 Å². The molecule has 4 heteroatoms. The van der Waals surface area contributed by atoms with Crippen LogP contribution >= 0.6 is 0 Å². The Morgan fingerprint density at radius 3 is 2.45 bits per heavy atom. The van der Waals surface area contributed by atoms with Crippen molar-refractivity contribution in [2.45, 2.75) is 65.6 Å². The third-order valence-corrected chi connectivity index (χ3v) is 3.45. The van der Waals surface area contributed by atoms with Gasteiger partial charge in [-0.15, -0.1) is 0 Å². The summed E-state index contributed by atoms with van der Waals surface area (Å²) in [5.41, 5.74) is 2.15. The number of aryl methyl sites for hydroxylation is 1. The zero-order valence-corrected chi connectivity index (χ0v) is 14.7. The van der Waals surface area contributed by atoms with Gasteiger partial charge in [-0.3, -0.25) is 0 Å². The van der Waals surface area contributed by atoms with Crippen LogP contribution in [0.1, 0.15) is 58.2 Å². The van der Waals surface area contributed by atoms with E-state index < -0.39 is 5.60 Å². The molecule has 1 amide bonds. The van der Waals surface area contributed by atoms with E-state index in [1.807, 2.05) is 27.7 Å². The van der Waals surface area contributed by atoms with Crippen LogP contribution in [-0.2, 0) is 4.74 Å². The lowest BCUT2D eigenvalue weighted by atomic mass is 10.0. The van der Waals surface area contributed by atoms with E-state index >= 15 is 0 Å². The molecule has 2 unspecified atom stereocenters. The van der Waals surface area contributed by atoms with Crippen LogP contribution in [-0.4, -0.2) is 24.3 Å². The Bertz CT molecular complexity index is 480. The van der Waals surface area contributed by atoms with E-state index in [-0.39, 0.29) is 12.1 Å². The maximum absolute atomic E-state index is 11.7. The van der Waals surface area contributed by atoms with E-state index in [2.05, 4.69) is 48.7 Å². The van der Waals surface area contributed by atoms with Crippen LogP contribution in [0.25, 0.3) is 0 Å². The molecule has 2 N–H and O–H groups in total. The topological polar surface area (TPSA) is 50.4 Å². The van der Waals surface area contributed by atoms with Crippen molar-refractivity contribution in [2.24, 2.45) is 0 Å². The number of amides is 1. The summed E-state index contributed by atoms with van der Waals surface area (Å²) in [6.45, 7) is 12.7. The molecule has 1 aromatic rings. The lowest BCUT2D eigenvalue weighted by Crippen LogP contribution is -2.39. The van der Waals surface area contributed by atoms with E-state index in [9.17, 15) is 4.79 Å². The number of carbonyl (C=O) groups is 1. The van der Waals surface area contributed by atoms with Crippen molar-refractivity contribution in [1.82, 2.24) is 10.6 Å². The number of rotatable bonds is 6. The Labute approximate surface area is 134 Å². The molecule has 1 aromatic carbocycles. The minimum absolute atomic E-state index is 0.0754. The van der Waals surface area contributed by atoms with E-state index in [1.54, 1.807) is 0 Å². The normalized spacial score (nSPS) is 14.3. The van der Waals surface area contributed by atoms with Crippen molar-refractivity contribution in [2.75, 3.05) is 6.54 Å². The number of alkyl carbamates (subject to hydrolysis) is 1. The van der Waals surface area contributed by atoms with Gasteiger partial charge in [-0.05, 0) is 65.6 Å². The molecule has 22 heavy (non-hydrogen) atoms. The van der Waals surface area contributed by atoms with Crippen LogP contribution in [0.2, 0.25) is 0 Å². The second-order valence-corrected chi connectivity index (χ2v) is 6.87. The average molecular weight is 306 g/mol. The molecule has 0 saturated heterocycles. The fraction of sp³-hybridized carbons (Fsp3) is 0.611. The summed E-state index contributed by atoms with van der Waals surface area (Å²) in [5, 5.41) is 6.36.